The van der Waals surface area contributed by atoms with Gasteiger partial charge in [-0.25, -0.2) is 9.78 Å². The second-order valence-electron chi connectivity index (χ2n) is 4.07. The molecular formula is C14H14BrN3O2. The minimum atomic E-state index is -0.519. The third-order valence-corrected chi connectivity index (χ3v) is 3.14. The lowest BCUT2D eigenvalue weighted by atomic mass is 10.2. The van der Waals surface area contributed by atoms with Crippen LogP contribution in [0.2, 0.25) is 0 Å². The summed E-state index contributed by atoms with van der Waals surface area (Å²) in [5.74, 6) is -0.432. The molecule has 0 saturated carbocycles. The van der Waals surface area contributed by atoms with Gasteiger partial charge in [0.2, 0.25) is 0 Å². The summed E-state index contributed by atoms with van der Waals surface area (Å²) in [6.45, 7) is 0.664. The van der Waals surface area contributed by atoms with E-state index in [1.165, 1.54) is 13.4 Å². The van der Waals surface area contributed by atoms with Crippen LogP contribution < -0.4 is 0 Å². The molecule has 0 bridgehead atoms. The van der Waals surface area contributed by atoms with Gasteiger partial charge < -0.3 is 4.74 Å². The van der Waals surface area contributed by atoms with Crippen molar-refractivity contribution in [2.45, 2.75) is 13.0 Å². The third-order valence-electron chi connectivity index (χ3n) is 2.61. The number of hydrogen-bond acceptors (Lipinski definition) is 4. The largest absolute Gasteiger partial charge is 0.463 e. The van der Waals surface area contributed by atoms with Gasteiger partial charge in [-0.2, -0.15) is 0 Å². The zero-order valence-electron chi connectivity index (χ0n) is 11.0. The topological polar surface area (TPSA) is 57.0 Å². The number of carbonyl (C=O) groups excluding carboxylic acids is 1. The number of halogens is 1. The maximum Gasteiger partial charge on any atom is 0.377 e. The van der Waals surface area contributed by atoms with E-state index in [0.717, 1.165) is 16.5 Å². The summed E-state index contributed by atoms with van der Waals surface area (Å²) in [7, 11) is 1.31. The van der Waals surface area contributed by atoms with E-state index in [0.29, 0.717) is 6.54 Å². The predicted octanol–water partition coefficient (Wildman–Crippen LogP) is 2.93. The monoisotopic (exact) mass is 335 g/mol. The fourth-order valence-electron chi connectivity index (χ4n) is 1.59. The van der Waals surface area contributed by atoms with E-state index in [2.05, 4.69) is 36.8 Å². The molecule has 0 aliphatic rings. The van der Waals surface area contributed by atoms with Crippen LogP contribution in [-0.2, 0) is 11.3 Å². The van der Waals surface area contributed by atoms with Crippen LogP contribution >= 0.6 is 15.9 Å². The molecule has 0 amide bonds. The van der Waals surface area contributed by atoms with E-state index in [1.807, 2.05) is 30.3 Å². The van der Waals surface area contributed by atoms with Crippen molar-refractivity contribution >= 4 is 28.0 Å². The Morgan fingerprint density at radius 1 is 1.40 bits per heavy atom. The van der Waals surface area contributed by atoms with Crippen LogP contribution in [0.25, 0.3) is 6.08 Å². The number of hydrogen-bond donors (Lipinski definition) is 0. The Bertz CT molecular complexity index is 605. The van der Waals surface area contributed by atoms with Crippen molar-refractivity contribution in [2.24, 2.45) is 0 Å². The number of allylic oxidation sites excluding steroid dienone is 1. The Morgan fingerprint density at radius 3 is 2.85 bits per heavy atom. The molecule has 104 valence electrons. The lowest BCUT2D eigenvalue weighted by molar-refractivity contribution is 0.0586. The summed E-state index contributed by atoms with van der Waals surface area (Å²) < 4.78 is 7.23. The van der Waals surface area contributed by atoms with Gasteiger partial charge in [-0.15, -0.1) is 5.10 Å². The number of benzene rings is 1. The highest BCUT2D eigenvalue weighted by Gasteiger charge is 2.10. The molecule has 0 spiro atoms. The molecule has 1 aromatic heterocycles. The highest BCUT2D eigenvalue weighted by atomic mass is 79.9. The second-order valence-corrected chi connectivity index (χ2v) is 4.98. The standard InChI is InChI=1S/C14H14BrN3O2/c1-20-14(19)13-16-10-18(17-13)9-3-2-4-11-5-7-12(15)8-6-11/h2,4-8,10H,3,9H2,1H3/b4-2+. The number of methoxy groups -OCH3 is 1. The van der Waals surface area contributed by atoms with Crippen LogP contribution in [0.15, 0.2) is 41.1 Å². The molecule has 20 heavy (non-hydrogen) atoms. The molecule has 0 saturated heterocycles. The lowest BCUT2D eigenvalue weighted by Gasteiger charge is -1.96. The first-order chi connectivity index (χ1) is 9.69. The zero-order valence-corrected chi connectivity index (χ0v) is 12.6. The van der Waals surface area contributed by atoms with E-state index in [1.54, 1.807) is 4.68 Å². The Morgan fingerprint density at radius 2 is 2.15 bits per heavy atom. The van der Waals surface area contributed by atoms with Crippen molar-refractivity contribution in [1.82, 2.24) is 14.8 Å². The molecule has 5 nitrogen and oxygen atoms in total. The Labute approximate surface area is 125 Å². The number of carbonyl (C=O) groups is 1. The third kappa shape index (κ3) is 4.03. The first-order valence-electron chi connectivity index (χ1n) is 6.09. The van der Waals surface area contributed by atoms with Gasteiger partial charge in [-0.3, -0.25) is 4.68 Å². The molecule has 2 aromatic rings. The second kappa shape index (κ2) is 7.00. The van der Waals surface area contributed by atoms with Crippen LogP contribution in [0.3, 0.4) is 0 Å². The van der Waals surface area contributed by atoms with Crippen LogP contribution in [0.5, 0.6) is 0 Å². The molecule has 6 heteroatoms. The van der Waals surface area contributed by atoms with E-state index in [-0.39, 0.29) is 5.82 Å². The van der Waals surface area contributed by atoms with E-state index >= 15 is 0 Å². The Hall–Kier alpha value is -1.95. The van der Waals surface area contributed by atoms with Gasteiger partial charge in [-0.1, -0.05) is 40.2 Å². The molecule has 0 aliphatic heterocycles. The average Bonchev–Trinajstić information content (AvgIpc) is 2.93. The van der Waals surface area contributed by atoms with E-state index in [9.17, 15) is 4.79 Å². The summed E-state index contributed by atoms with van der Waals surface area (Å²) in [5, 5.41) is 4.03. The van der Waals surface area contributed by atoms with Gasteiger partial charge in [-0.05, 0) is 24.1 Å². The number of aromatic nitrogens is 3. The van der Waals surface area contributed by atoms with Crippen molar-refractivity contribution in [3.63, 3.8) is 0 Å². The minimum absolute atomic E-state index is 0.0874. The first-order valence-corrected chi connectivity index (χ1v) is 6.88. The first kappa shape index (κ1) is 14.5. The summed E-state index contributed by atoms with van der Waals surface area (Å²) in [6, 6.07) is 8.07. The van der Waals surface area contributed by atoms with Crippen molar-refractivity contribution in [2.75, 3.05) is 7.11 Å². The molecule has 0 atom stereocenters. The lowest BCUT2D eigenvalue weighted by Crippen LogP contribution is -2.05. The number of esters is 1. The molecule has 1 aromatic carbocycles. The highest BCUT2D eigenvalue weighted by molar-refractivity contribution is 9.10. The van der Waals surface area contributed by atoms with Crippen LogP contribution in [0.1, 0.15) is 22.6 Å². The smallest absolute Gasteiger partial charge is 0.377 e. The minimum Gasteiger partial charge on any atom is -0.463 e. The highest BCUT2D eigenvalue weighted by Crippen LogP contribution is 2.11. The van der Waals surface area contributed by atoms with Crippen molar-refractivity contribution in [3.8, 4) is 0 Å². The molecule has 0 unspecified atom stereocenters. The Kier molecular flexibility index (Phi) is 5.06. The van der Waals surface area contributed by atoms with Gasteiger partial charge in [0.1, 0.15) is 6.33 Å². The van der Waals surface area contributed by atoms with Crippen molar-refractivity contribution in [1.29, 1.82) is 0 Å². The number of rotatable bonds is 5. The number of aryl methyl sites for hydroxylation is 1. The molecule has 0 N–H and O–H groups in total. The SMILES string of the molecule is COC(=O)c1ncn(CC/C=C/c2ccc(Br)cc2)n1. The summed E-state index contributed by atoms with van der Waals surface area (Å²) in [5.41, 5.74) is 1.14. The predicted molar refractivity (Wildman–Crippen MR) is 79.2 cm³/mol. The van der Waals surface area contributed by atoms with Crippen LogP contribution in [-0.4, -0.2) is 27.8 Å². The van der Waals surface area contributed by atoms with Gasteiger partial charge in [0.25, 0.3) is 5.82 Å². The summed E-state index contributed by atoms with van der Waals surface area (Å²) in [4.78, 5) is 15.1. The number of nitrogens with zero attached hydrogens (tertiary/aromatic N) is 3. The van der Waals surface area contributed by atoms with Crippen LogP contribution in [0.4, 0.5) is 0 Å². The average molecular weight is 336 g/mol. The van der Waals surface area contributed by atoms with Gasteiger partial charge in [0, 0.05) is 11.0 Å². The quantitative estimate of drug-likeness (QED) is 0.788. The maximum atomic E-state index is 11.2. The molecule has 0 fully saturated rings. The molecule has 0 radical (unpaired) electrons. The summed E-state index contributed by atoms with van der Waals surface area (Å²) >= 11 is 3.40. The van der Waals surface area contributed by atoms with Crippen molar-refractivity contribution < 1.29 is 9.53 Å². The van der Waals surface area contributed by atoms with Gasteiger partial charge in [0.15, 0.2) is 0 Å². The Balaban J connectivity index is 1.85. The molecule has 0 aliphatic carbocycles. The van der Waals surface area contributed by atoms with Crippen molar-refractivity contribution in [3.05, 3.63) is 52.5 Å². The van der Waals surface area contributed by atoms with Gasteiger partial charge in [0.05, 0.1) is 7.11 Å². The zero-order chi connectivity index (χ0) is 14.4. The van der Waals surface area contributed by atoms with E-state index in [4.69, 9.17) is 0 Å². The molecular weight excluding hydrogens is 322 g/mol. The molecule has 1 heterocycles. The normalized spacial score (nSPS) is 10.9. The fraction of sp³-hybridized carbons (Fsp3) is 0.214. The maximum absolute atomic E-state index is 11.2. The van der Waals surface area contributed by atoms with E-state index < -0.39 is 5.97 Å². The molecule has 2 rings (SSSR count). The van der Waals surface area contributed by atoms with Crippen LogP contribution in [0, 0.1) is 0 Å². The fourth-order valence-corrected chi connectivity index (χ4v) is 1.85. The number of ether oxygens (including phenoxy) is 1. The summed E-state index contributed by atoms with van der Waals surface area (Å²) in [6.07, 6.45) is 6.44. The van der Waals surface area contributed by atoms with Gasteiger partial charge >= 0.3 is 5.97 Å².